The zero-order chi connectivity index (χ0) is 17.9. The molecule has 0 amide bonds. The Hall–Kier alpha value is -3.13. The van der Waals surface area contributed by atoms with Crippen molar-refractivity contribution in [2.24, 2.45) is 0 Å². The first kappa shape index (κ1) is 16.3. The average Bonchev–Trinajstić information content (AvgIpc) is 3.32. The van der Waals surface area contributed by atoms with Gasteiger partial charge in [-0.15, -0.1) is 0 Å². The first-order valence-corrected chi connectivity index (χ1v) is 7.94. The summed E-state index contributed by atoms with van der Waals surface area (Å²) >= 11 is 0. The molecule has 1 aliphatic rings. The number of nitrogens with zero attached hydrogens (tertiary/aromatic N) is 2. The molecule has 0 aliphatic carbocycles. The number of carbonyl (C=O) groups excluding carboxylic acids is 1. The van der Waals surface area contributed by atoms with Crippen molar-refractivity contribution in [3.8, 4) is 5.75 Å². The zero-order valence-corrected chi connectivity index (χ0v) is 13.7. The molecule has 3 heterocycles. The molecule has 0 unspecified atom stereocenters. The minimum atomic E-state index is -0.637. The lowest BCUT2D eigenvalue weighted by Gasteiger charge is -2.20. The fraction of sp³-hybridized carbons (Fsp3) is 0.222. The van der Waals surface area contributed by atoms with E-state index in [-0.39, 0.29) is 25.8 Å². The van der Waals surface area contributed by atoms with Gasteiger partial charge in [0.25, 0.3) is 0 Å². The normalized spacial score (nSPS) is 13.1. The summed E-state index contributed by atoms with van der Waals surface area (Å²) in [6.07, 6.45) is 3.45. The van der Waals surface area contributed by atoms with E-state index in [0.29, 0.717) is 29.2 Å². The summed E-state index contributed by atoms with van der Waals surface area (Å²) in [5.41, 5.74) is 1.03. The van der Waals surface area contributed by atoms with Crippen LogP contribution in [0.5, 0.6) is 5.75 Å². The molecule has 1 aromatic carbocycles. The van der Waals surface area contributed by atoms with Crippen LogP contribution in [-0.4, -0.2) is 22.5 Å². The Labute approximate surface area is 147 Å². The summed E-state index contributed by atoms with van der Waals surface area (Å²) in [5, 5.41) is 4.07. The van der Waals surface area contributed by atoms with E-state index >= 15 is 0 Å². The van der Waals surface area contributed by atoms with E-state index in [1.807, 2.05) is 0 Å². The highest BCUT2D eigenvalue weighted by Gasteiger charge is 2.19. The highest BCUT2D eigenvalue weighted by atomic mass is 19.1. The molecule has 3 aromatic rings. The third kappa shape index (κ3) is 3.45. The maximum absolute atomic E-state index is 13.7. The summed E-state index contributed by atoms with van der Waals surface area (Å²) in [6, 6.07) is 7.64. The lowest BCUT2D eigenvalue weighted by Crippen LogP contribution is -2.14. The molecule has 0 N–H and O–H groups in total. The second kappa shape index (κ2) is 7.01. The molecule has 4 rings (SSSR count). The van der Waals surface area contributed by atoms with Crippen LogP contribution >= 0.6 is 0 Å². The molecule has 0 spiro atoms. The van der Waals surface area contributed by atoms with Crippen LogP contribution in [0.25, 0.3) is 0 Å². The number of rotatable bonds is 5. The number of ether oxygens (including phenoxy) is 3. The van der Waals surface area contributed by atoms with Gasteiger partial charge in [-0.05, 0) is 30.3 Å². The molecule has 7 nitrogen and oxygen atoms in total. The number of benzene rings is 1. The molecule has 0 saturated carbocycles. The molecule has 2 aromatic heterocycles. The van der Waals surface area contributed by atoms with Crippen molar-refractivity contribution in [2.75, 3.05) is 6.79 Å². The van der Waals surface area contributed by atoms with Gasteiger partial charge in [0.2, 0.25) is 5.76 Å². The van der Waals surface area contributed by atoms with Gasteiger partial charge in [-0.25, -0.2) is 9.18 Å². The fourth-order valence-electron chi connectivity index (χ4n) is 2.70. The Kier molecular flexibility index (Phi) is 4.40. The first-order chi connectivity index (χ1) is 12.7. The van der Waals surface area contributed by atoms with Gasteiger partial charge in [0.05, 0.1) is 13.2 Å². The van der Waals surface area contributed by atoms with Crippen molar-refractivity contribution in [1.29, 1.82) is 0 Å². The minimum absolute atomic E-state index is 0.0710. The van der Waals surface area contributed by atoms with Crippen molar-refractivity contribution in [3.05, 3.63) is 71.2 Å². The van der Waals surface area contributed by atoms with Gasteiger partial charge in [0.15, 0.2) is 6.79 Å². The fourth-order valence-corrected chi connectivity index (χ4v) is 2.70. The molecule has 26 heavy (non-hydrogen) atoms. The van der Waals surface area contributed by atoms with E-state index in [4.69, 9.17) is 18.6 Å². The molecule has 0 fully saturated rings. The van der Waals surface area contributed by atoms with Gasteiger partial charge in [0, 0.05) is 23.5 Å². The van der Waals surface area contributed by atoms with Crippen LogP contribution in [0, 0.1) is 5.82 Å². The van der Waals surface area contributed by atoms with Crippen molar-refractivity contribution >= 4 is 5.97 Å². The highest BCUT2D eigenvalue weighted by molar-refractivity contribution is 5.86. The molecular formula is C18H15FN2O5. The topological polar surface area (TPSA) is 75.7 Å². The van der Waals surface area contributed by atoms with Gasteiger partial charge >= 0.3 is 5.97 Å². The summed E-state index contributed by atoms with van der Waals surface area (Å²) in [5.74, 6) is 0.0559. The summed E-state index contributed by atoms with van der Waals surface area (Å²) in [7, 11) is 0. The standard InChI is InChI=1S/C18H15FN2O5/c19-14-6-12-9-23-11-25-17(12)13(7-14)10-24-18(22)16-3-2-15(26-16)8-21-5-1-4-20-21/h1-7H,8-11H2. The number of halogens is 1. The van der Waals surface area contributed by atoms with Gasteiger partial charge < -0.3 is 18.6 Å². The molecular weight excluding hydrogens is 343 g/mol. The van der Waals surface area contributed by atoms with E-state index in [2.05, 4.69) is 5.10 Å². The third-order valence-electron chi connectivity index (χ3n) is 3.85. The number of esters is 1. The number of furan rings is 1. The smallest absolute Gasteiger partial charge is 0.374 e. The Balaban J connectivity index is 1.43. The van der Waals surface area contributed by atoms with Crippen molar-refractivity contribution in [3.63, 3.8) is 0 Å². The van der Waals surface area contributed by atoms with E-state index in [1.165, 1.54) is 18.2 Å². The van der Waals surface area contributed by atoms with Gasteiger partial charge in [-0.2, -0.15) is 5.10 Å². The van der Waals surface area contributed by atoms with Crippen LogP contribution in [-0.2, 0) is 29.2 Å². The Morgan fingerprint density at radius 3 is 3.12 bits per heavy atom. The van der Waals surface area contributed by atoms with Crippen molar-refractivity contribution < 1.29 is 27.8 Å². The van der Waals surface area contributed by atoms with E-state index in [0.717, 1.165) is 0 Å². The third-order valence-corrected chi connectivity index (χ3v) is 3.85. The maximum atomic E-state index is 13.7. The summed E-state index contributed by atoms with van der Waals surface area (Å²) in [4.78, 5) is 12.2. The minimum Gasteiger partial charge on any atom is -0.467 e. The Morgan fingerprint density at radius 1 is 1.35 bits per heavy atom. The molecule has 0 atom stereocenters. The quantitative estimate of drug-likeness (QED) is 0.653. The molecule has 0 bridgehead atoms. The van der Waals surface area contributed by atoms with Crippen LogP contribution in [0.4, 0.5) is 4.39 Å². The van der Waals surface area contributed by atoms with Gasteiger partial charge in [0.1, 0.15) is 23.9 Å². The van der Waals surface area contributed by atoms with E-state index in [1.54, 1.807) is 29.2 Å². The largest absolute Gasteiger partial charge is 0.467 e. The molecule has 134 valence electrons. The van der Waals surface area contributed by atoms with Crippen LogP contribution in [0.1, 0.15) is 27.4 Å². The Bertz CT molecular complexity index is 920. The molecule has 8 heteroatoms. The molecule has 0 radical (unpaired) electrons. The van der Waals surface area contributed by atoms with Crippen LogP contribution in [0.2, 0.25) is 0 Å². The monoisotopic (exact) mass is 358 g/mol. The van der Waals surface area contributed by atoms with Crippen LogP contribution in [0.3, 0.4) is 0 Å². The number of hydrogen-bond acceptors (Lipinski definition) is 6. The summed E-state index contributed by atoms with van der Waals surface area (Å²) < 4.78 is 36.6. The van der Waals surface area contributed by atoms with E-state index in [9.17, 15) is 9.18 Å². The average molecular weight is 358 g/mol. The maximum Gasteiger partial charge on any atom is 0.374 e. The van der Waals surface area contributed by atoms with Gasteiger partial charge in [-0.3, -0.25) is 4.68 Å². The van der Waals surface area contributed by atoms with Gasteiger partial charge in [-0.1, -0.05) is 0 Å². The highest BCUT2D eigenvalue weighted by Crippen LogP contribution is 2.30. The molecule has 0 saturated heterocycles. The zero-order valence-electron chi connectivity index (χ0n) is 13.7. The lowest BCUT2D eigenvalue weighted by molar-refractivity contribution is -0.0183. The Morgan fingerprint density at radius 2 is 2.27 bits per heavy atom. The summed E-state index contributed by atoms with van der Waals surface area (Å²) in [6.45, 7) is 0.608. The predicted octanol–water partition coefficient (Wildman–Crippen LogP) is 2.89. The predicted molar refractivity (Wildman–Crippen MR) is 85.8 cm³/mol. The second-order valence-corrected chi connectivity index (χ2v) is 5.71. The van der Waals surface area contributed by atoms with Crippen molar-refractivity contribution in [1.82, 2.24) is 9.78 Å². The lowest BCUT2D eigenvalue weighted by atomic mass is 10.1. The number of hydrogen-bond donors (Lipinski definition) is 0. The van der Waals surface area contributed by atoms with Crippen molar-refractivity contribution in [2.45, 2.75) is 19.8 Å². The van der Waals surface area contributed by atoms with Crippen LogP contribution in [0.15, 0.2) is 47.1 Å². The van der Waals surface area contributed by atoms with E-state index < -0.39 is 11.8 Å². The number of fused-ring (bicyclic) bond motifs is 1. The first-order valence-electron chi connectivity index (χ1n) is 7.94. The molecule has 1 aliphatic heterocycles. The second-order valence-electron chi connectivity index (χ2n) is 5.71. The number of aromatic nitrogens is 2. The van der Waals surface area contributed by atoms with Crippen LogP contribution < -0.4 is 4.74 Å². The number of carbonyl (C=O) groups is 1. The SMILES string of the molecule is O=C(OCc1cc(F)cc2c1OCOC2)c1ccc(Cn2cccn2)o1.